The van der Waals surface area contributed by atoms with Gasteiger partial charge in [-0.3, -0.25) is 0 Å². The number of nitrogens with zero attached hydrogens (tertiary/aromatic N) is 3. The first-order valence-corrected chi connectivity index (χ1v) is 7.32. The Balaban J connectivity index is 1.69. The summed E-state index contributed by atoms with van der Waals surface area (Å²) in [6.07, 6.45) is 3.85. The van der Waals surface area contributed by atoms with Crippen LogP contribution in [-0.2, 0) is 12.8 Å². The number of aromatic nitrogens is 3. The molecular formula is C16H14BrN3. The summed E-state index contributed by atoms with van der Waals surface area (Å²) >= 11 is 3.49. The molecular weight excluding hydrogens is 314 g/mol. The molecule has 0 bridgehead atoms. The minimum Gasteiger partial charge on any atom is -0.220 e. The van der Waals surface area contributed by atoms with E-state index in [2.05, 4.69) is 44.4 Å². The molecule has 3 rings (SSSR count). The largest absolute Gasteiger partial charge is 0.220 e. The summed E-state index contributed by atoms with van der Waals surface area (Å²) < 4.78 is 2.93. The number of hydrogen-bond donors (Lipinski definition) is 0. The number of para-hydroxylation sites is 1. The third-order valence-corrected chi connectivity index (χ3v) is 3.61. The van der Waals surface area contributed by atoms with E-state index in [1.807, 2.05) is 47.3 Å². The zero-order chi connectivity index (χ0) is 13.8. The third-order valence-electron chi connectivity index (χ3n) is 3.12. The van der Waals surface area contributed by atoms with Crippen LogP contribution in [0.3, 0.4) is 0 Å². The highest BCUT2D eigenvalue weighted by atomic mass is 79.9. The molecule has 100 valence electrons. The van der Waals surface area contributed by atoms with Gasteiger partial charge in [-0.05, 0) is 42.7 Å². The molecule has 0 amide bonds. The first-order chi connectivity index (χ1) is 9.81. The smallest absolute Gasteiger partial charge is 0.0835 e. The Morgan fingerprint density at radius 2 is 1.80 bits per heavy atom. The molecule has 0 aliphatic rings. The Kier molecular flexibility index (Phi) is 3.92. The molecule has 0 atom stereocenters. The van der Waals surface area contributed by atoms with Crippen LogP contribution in [0.15, 0.2) is 65.3 Å². The molecule has 1 heterocycles. The Morgan fingerprint density at radius 3 is 2.60 bits per heavy atom. The Labute approximate surface area is 126 Å². The highest BCUT2D eigenvalue weighted by molar-refractivity contribution is 9.10. The van der Waals surface area contributed by atoms with Gasteiger partial charge in [0.25, 0.3) is 0 Å². The van der Waals surface area contributed by atoms with Crippen LogP contribution in [0.4, 0.5) is 0 Å². The molecule has 0 fully saturated rings. The second-order valence-electron chi connectivity index (χ2n) is 4.62. The lowest BCUT2D eigenvalue weighted by molar-refractivity contribution is 0.794. The van der Waals surface area contributed by atoms with E-state index in [0.29, 0.717) is 0 Å². The normalized spacial score (nSPS) is 10.7. The molecule has 2 aromatic carbocycles. The van der Waals surface area contributed by atoms with Crippen LogP contribution in [0, 0.1) is 0 Å². The monoisotopic (exact) mass is 327 g/mol. The van der Waals surface area contributed by atoms with E-state index >= 15 is 0 Å². The van der Waals surface area contributed by atoms with E-state index in [1.54, 1.807) is 0 Å². The van der Waals surface area contributed by atoms with Gasteiger partial charge in [0.2, 0.25) is 0 Å². The van der Waals surface area contributed by atoms with E-state index in [-0.39, 0.29) is 0 Å². The predicted octanol–water partition coefficient (Wildman–Crippen LogP) is 3.82. The van der Waals surface area contributed by atoms with Gasteiger partial charge in [-0.25, -0.2) is 4.68 Å². The molecule has 1 aromatic heterocycles. The van der Waals surface area contributed by atoms with Crippen molar-refractivity contribution >= 4 is 15.9 Å². The van der Waals surface area contributed by atoms with Crippen molar-refractivity contribution in [1.82, 2.24) is 15.0 Å². The van der Waals surface area contributed by atoms with Gasteiger partial charge in [-0.15, -0.1) is 5.10 Å². The average molecular weight is 328 g/mol. The molecule has 3 nitrogen and oxygen atoms in total. The van der Waals surface area contributed by atoms with Crippen molar-refractivity contribution in [2.45, 2.75) is 12.8 Å². The fourth-order valence-electron chi connectivity index (χ4n) is 2.08. The Bertz CT molecular complexity index is 692. The summed E-state index contributed by atoms with van der Waals surface area (Å²) in [6, 6.07) is 18.4. The zero-order valence-corrected chi connectivity index (χ0v) is 12.5. The van der Waals surface area contributed by atoms with Gasteiger partial charge in [0.15, 0.2) is 0 Å². The number of hydrogen-bond acceptors (Lipinski definition) is 2. The second-order valence-corrected chi connectivity index (χ2v) is 5.54. The number of aryl methyl sites for hydroxylation is 2. The van der Waals surface area contributed by atoms with Crippen LogP contribution < -0.4 is 0 Å². The summed E-state index contributed by atoms with van der Waals surface area (Å²) in [5, 5.41) is 8.40. The minimum absolute atomic E-state index is 0.892. The highest BCUT2D eigenvalue weighted by Gasteiger charge is 2.03. The SMILES string of the molecule is Brc1cccc(CCc2cn(-c3ccccc3)nn2)c1. The minimum atomic E-state index is 0.892. The maximum absolute atomic E-state index is 4.23. The fraction of sp³-hybridized carbons (Fsp3) is 0.125. The lowest BCUT2D eigenvalue weighted by Gasteiger charge is -2.00. The first kappa shape index (κ1) is 13.1. The van der Waals surface area contributed by atoms with E-state index in [4.69, 9.17) is 0 Å². The molecule has 0 unspecified atom stereocenters. The molecule has 0 spiro atoms. The molecule has 0 radical (unpaired) electrons. The average Bonchev–Trinajstić information content (AvgIpc) is 2.95. The third kappa shape index (κ3) is 3.14. The highest BCUT2D eigenvalue weighted by Crippen LogP contribution is 2.14. The lowest BCUT2D eigenvalue weighted by Crippen LogP contribution is -1.93. The van der Waals surface area contributed by atoms with Crippen LogP contribution in [-0.4, -0.2) is 15.0 Å². The summed E-state index contributed by atoms with van der Waals surface area (Å²) in [5.41, 5.74) is 3.34. The topological polar surface area (TPSA) is 30.7 Å². The van der Waals surface area contributed by atoms with E-state index < -0.39 is 0 Å². The van der Waals surface area contributed by atoms with Crippen molar-refractivity contribution in [3.8, 4) is 5.69 Å². The summed E-state index contributed by atoms with van der Waals surface area (Å²) in [6.45, 7) is 0. The molecule has 0 saturated heterocycles. The molecule has 4 heteroatoms. The molecule has 20 heavy (non-hydrogen) atoms. The van der Waals surface area contributed by atoms with Gasteiger partial charge in [0.1, 0.15) is 0 Å². The number of halogens is 1. The van der Waals surface area contributed by atoms with Crippen molar-refractivity contribution in [2.75, 3.05) is 0 Å². The van der Waals surface area contributed by atoms with E-state index in [1.165, 1.54) is 5.56 Å². The molecule has 0 saturated carbocycles. The van der Waals surface area contributed by atoms with E-state index in [9.17, 15) is 0 Å². The predicted molar refractivity (Wildman–Crippen MR) is 82.9 cm³/mol. The van der Waals surface area contributed by atoms with Crippen LogP contribution in [0.25, 0.3) is 5.69 Å². The van der Waals surface area contributed by atoms with Crippen molar-refractivity contribution in [2.24, 2.45) is 0 Å². The van der Waals surface area contributed by atoms with Crippen molar-refractivity contribution in [1.29, 1.82) is 0 Å². The second kappa shape index (κ2) is 6.01. The Morgan fingerprint density at radius 1 is 0.950 bits per heavy atom. The molecule has 0 aliphatic carbocycles. The number of benzene rings is 2. The van der Waals surface area contributed by atoms with Crippen molar-refractivity contribution in [3.05, 3.63) is 76.5 Å². The van der Waals surface area contributed by atoms with Crippen LogP contribution in [0.5, 0.6) is 0 Å². The van der Waals surface area contributed by atoms with Crippen LogP contribution in [0.1, 0.15) is 11.3 Å². The van der Waals surface area contributed by atoms with Gasteiger partial charge in [-0.1, -0.05) is 51.5 Å². The van der Waals surface area contributed by atoms with Crippen molar-refractivity contribution < 1.29 is 0 Å². The van der Waals surface area contributed by atoms with Crippen LogP contribution >= 0.6 is 15.9 Å². The molecule has 3 aromatic rings. The van der Waals surface area contributed by atoms with Gasteiger partial charge in [0.05, 0.1) is 17.6 Å². The van der Waals surface area contributed by atoms with Crippen LogP contribution in [0.2, 0.25) is 0 Å². The Hall–Kier alpha value is -1.94. The van der Waals surface area contributed by atoms with Gasteiger partial charge >= 0.3 is 0 Å². The van der Waals surface area contributed by atoms with E-state index in [0.717, 1.165) is 28.7 Å². The summed E-state index contributed by atoms with van der Waals surface area (Å²) in [5.74, 6) is 0. The van der Waals surface area contributed by atoms with Gasteiger partial charge in [-0.2, -0.15) is 0 Å². The summed E-state index contributed by atoms with van der Waals surface area (Å²) in [7, 11) is 0. The lowest BCUT2D eigenvalue weighted by atomic mass is 10.1. The maximum Gasteiger partial charge on any atom is 0.0835 e. The van der Waals surface area contributed by atoms with Crippen molar-refractivity contribution in [3.63, 3.8) is 0 Å². The fourth-order valence-corrected chi connectivity index (χ4v) is 2.53. The number of rotatable bonds is 4. The standard InChI is InChI=1S/C16H14BrN3/c17-14-6-4-5-13(11-14)9-10-15-12-20(19-18-15)16-7-2-1-3-8-16/h1-8,11-12H,9-10H2. The zero-order valence-electron chi connectivity index (χ0n) is 10.9. The molecule has 0 N–H and O–H groups in total. The maximum atomic E-state index is 4.23. The first-order valence-electron chi connectivity index (χ1n) is 6.52. The molecule has 0 aliphatic heterocycles. The van der Waals surface area contributed by atoms with Gasteiger partial charge < -0.3 is 0 Å². The quantitative estimate of drug-likeness (QED) is 0.729. The summed E-state index contributed by atoms with van der Waals surface area (Å²) in [4.78, 5) is 0. The van der Waals surface area contributed by atoms with Gasteiger partial charge in [0, 0.05) is 4.47 Å².